The van der Waals surface area contributed by atoms with Crippen LogP contribution in [0.2, 0.25) is 0 Å². The molecule has 1 heterocycles. The quantitative estimate of drug-likeness (QED) is 0.626. The summed E-state index contributed by atoms with van der Waals surface area (Å²) < 4.78 is 1.80. The number of rotatable bonds is 5. The summed E-state index contributed by atoms with van der Waals surface area (Å²) in [4.78, 5) is 2.08. The van der Waals surface area contributed by atoms with Gasteiger partial charge in [-0.2, -0.15) is 5.10 Å². The first-order valence-electron chi connectivity index (χ1n) is 6.31. The van der Waals surface area contributed by atoms with Crippen LogP contribution in [0.25, 0.3) is 0 Å². The second kappa shape index (κ2) is 5.86. The third-order valence-electron chi connectivity index (χ3n) is 3.21. The zero-order valence-corrected chi connectivity index (χ0v) is 11.7. The van der Waals surface area contributed by atoms with Crippen LogP contribution in [0.5, 0.6) is 0 Å². The molecule has 0 amide bonds. The number of anilines is 1. The van der Waals surface area contributed by atoms with E-state index in [9.17, 15) is 0 Å². The summed E-state index contributed by atoms with van der Waals surface area (Å²) in [5.41, 5.74) is 6.40. The Morgan fingerprint density at radius 1 is 1.32 bits per heavy atom. The van der Waals surface area contributed by atoms with Crippen molar-refractivity contribution in [2.45, 2.75) is 12.5 Å². The summed E-state index contributed by atoms with van der Waals surface area (Å²) >= 11 is 0. The van der Waals surface area contributed by atoms with Gasteiger partial charge in [-0.15, -0.1) is 0 Å². The van der Waals surface area contributed by atoms with Crippen LogP contribution in [0.3, 0.4) is 0 Å². The summed E-state index contributed by atoms with van der Waals surface area (Å²) in [5.74, 6) is 5.67. The average Bonchev–Trinajstić information content (AvgIpc) is 2.81. The van der Waals surface area contributed by atoms with Crippen LogP contribution in [-0.4, -0.2) is 23.9 Å². The van der Waals surface area contributed by atoms with E-state index in [-0.39, 0.29) is 6.04 Å². The molecule has 0 aliphatic heterocycles. The van der Waals surface area contributed by atoms with Crippen LogP contribution in [0.1, 0.15) is 17.2 Å². The Labute approximate surface area is 114 Å². The molecule has 19 heavy (non-hydrogen) atoms. The van der Waals surface area contributed by atoms with Gasteiger partial charge in [0.05, 0.1) is 12.2 Å². The van der Waals surface area contributed by atoms with Gasteiger partial charge in [0.15, 0.2) is 0 Å². The Morgan fingerprint density at radius 2 is 2.00 bits per heavy atom. The van der Waals surface area contributed by atoms with Crippen LogP contribution in [0.4, 0.5) is 5.69 Å². The van der Waals surface area contributed by atoms with Crippen molar-refractivity contribution in [3.05, 3.63) is 47.8 Å². The third kappa shape index (κ3) is 3.33. The highest BCUT2D eigenvalue weighted by Gasteiger charge is 2.11. The van der Waals surface area contributed by atoms with Crippen LogP contribution in [0, 0.1) is 0 Å². The minimum Gasteiger partial charge on any atom is -0.378 e. The first kappa shape index (κ1) is 13.6. The van der Waals surface area contributed by atoms with E-state index < -0.39 is 0 Å². The lowest BCUT2D eigenvalue weighted by Crippen LogP contribution is -2.29. The number of hydrogen-bond acceptors (Lipinski definition) is 4. The average molecular weight is 259 g/mol. The standard InChI is InChI=1S/C14H21N5/c1-18(2)13-6-4-12(5-7-13)14(17-15)8-11-9-16-19(3)10-11/h4-7,9-10,14,17H,8,15H2,1-3H3. The number of nitrogens with zero attached hydrogens (tertiary/aromatic N) is 3. The van der Waals surface area contributed by atoms with Crippen LogP contribution in [-0.2, 0) is 13.5 Å². The Kier molecular flexibility index (Phi) is 4.19. The zero-order valence-electron chi connectivity index (χ0n) is 11.7. The zero-order chi connectivity index (χ0) is 13.8. The molecule has 2 aromatic rings. The second-order valence-corrected chi connectivity index (χ2v) is 4.93. The molecule has 5 heteroatoms. The maximum Gasteiger partial charge on any atom is 0.0522 e. The van der Waals surface area contributed by atoms with E-state index in [1.807, 2.05) is 33.5 Å². The predicted molar refractivity (Wildman–Crippen MR) is 77.7 cm³/mol. The molecule has 1 atom stereocenters. The fourth-order valence-corrected chi connectivity index (χ4v) is 2.09. The summed E-state index contributed by atoms with van der Waals surface area (Å²) in [6, 6.07) is 8.51. The predicted octanol–water partition coefficient (Wildman–Crippen LogP) is 1.23. The molecule has 2 rings (SSSR count). The largest absolute Gasteiger partial charge is 0.378 e. The first-order valence-corrected chi connectivity index (χ1v) is 6.31. The molecule has 0 aliphatic carbocycles. The number of hydrogen-bond donors (Lipinski definition) is 2. The van der Waals surface area contributed by atoms with Crippen molar-refractivity contribution in [1.29, 1.82) is 0 Å². The van der Waals surface area contributed by atoms with E-state index in [2.05, 4.69) is 39.7 Å². The van der Waals surface area contributed by atoms with E-state index in [1.54, 1.807) is 4.68 Å². The number of aromatic nitrogens is 2. The number of nitrogens with one attached hydrogen (secondary N) is 1. The van der Waals surface area contributed by atoms with Gasteiger partial charge in [-0.25, -0.2) is 0 Å². The van der Waals surface area contributed by atoms with Crippen LogP contribution >= 0.6 is 0 Å². The van der Waals surface area contributed by atoms with Crippen molar-refractivity contribution in [3.8, 4) is 0 Å². The van der Waals surface area contributed by atoms with Crippen LogP contribution < -0.4 is 16.2 Å². The molecule has 0 spiro atoms. The van der Waals surface area contributed by atoms with Crippen molar-refractivity contribution >= 4 is 5.69 Å². The Bertz CT molecular complexity index is 515. The molecule has 0 aliphatic rings. The van der Waals surface area contributed by atoms with E-state index in [4.69, 9.17) is 5.84 Å². The Hall–Kier alpha value is -1.85. The smallest absolute Gasteiger partial charge is 0.0522 e. The molecule has 0 bridgehead atoms. The fraction of sp³-hybridized carbons (Fsp3) is 0.357. The van der Waals surface area contributed by atoms with Gasteiger partial charge in [0.1, 0.15) is 0 Å². The number of benzene rings is 1. The lowest BCUT2D eigenvalue weighted by molar-refractivity contribution is 0.552. The molecule has 1 aromatic carbocycles. The molecule has 0 radical (unpaired) electrons. The van der Waals surface area contributed by atoms with Crippen molar-refractivity contribution in [1.82, 2.24) is 15.2 Å². The Morgan fingerprint density at radius 3 is 2.47 bits per heavy atom. The highest BCUT2D eigenvalue weighted by atomic mass is 15.2. The monoisotopic (exact) mass is 259 g/mol. The van der Waals surface area contributed by atoms with Crippen molar-refractivity contribution in [2.75, 3.05) is 19.0 Å². The highest BCUT2D eigenvalue weighted by Crippen LogP contribution is 2.20. The lowest BCUT2D eigenvalue weighted by Gasteiger charge is -2.18. The van der Waals surface area contributed by atoms with Gasteiger partial charge >= 0.3 is 0 Å². The van der Waals surface area contributed by atoms with Gasteiger partial charge in [-0.1, -0.05) is 12.1 Å². The van der Waals surface area contributed by atoms with Crippen LogP contribution in [0.15, 0.2) is 36.7 Å². The van der Waals surface area contributed by atoms with Gasteiger partial charge in [-0.3, -0.25) is 16.0 Å². The first-order chi connectivity index (χ1) is 9.10. The van der Waals surface area contributed by atoms with Crippen molar-refractivity contribution in [2.24, 2.45) is 12.9 Å². The third-order valence-corrected chi connectivity index (χ3v) is 3.21. The Balaban J connectivity index is 2.12. The molecular formula is C14H21N5. The van der Waals surface area contributed by atoms with Gasteiger partial charge in [0, 0.05) is 33.0 Å². The lowest BCUT2D eigenvalue weighted by atomic mass is 10.0. The summed E-state index contributed by atoms with van der Waals surface area (Å²) in [6.07, 6.45) is 4.71. The molecular weight excluding hydrogens is 238 g/mol. The van der Waals surface area contributed by atoms with Gasteiger partial charge in [0.25, 0.3) is 0 Å². The molecule has 0 saturated carbocycles. The van der Waals surface area contributed by atoms with Gasteiger partial charge in [0.2, 0.25) is 0 Å². The number of hydrazine groups is 1. The van der Waals surface area contributed by atoms with E-state index in [0.717, 1.165) is 6.42 Å². The summed E-state index contributed by atoms with van der Waals surface area (Å²) in [7, 11) is 5.98. The van der Waals surface area contributed by atoms with E-state index in [1.165, 1.54) is 16.8 Å². The molecule has 5 nitrogen and oxygen atoms in total. The molecule has 3 N–H and O–H groups in total. The highest BCUT2D eigenvalue weighted by molar-refractivity contribution is 5.46. The topological polar surface area (TPSA) is 59.1 Å². The minimum absolute atomic E-state index is 0.0976. The van der Waals surface area contributed by atoms with E-state index in [0.29, 0.717) is 0 Å². The van der Waals surface area contributed by atoms with Gasteiger partial charge in [-0.05, 0) is 29.7 Å². The molecule has 0 saturated heterocycles. The molecule has 1 unspecified atom stereocenters. The summed E-state index contributed by atoms with van der Waals surface area (Å²) in [6.45, 7) is 0. The maximum atomic E-state index is 5.67. The van der Waals surface area contributed by atoms with Gasteiger partial charge < -0.3 is 4.90 Å². The SMILES string of the molecule is CN(C)c1ccc(C(Cc2cnn(C)c2)NN)cc1. The van der Waals surface area contributed by atoms with E-state index >= 15 is 0 Å². The maximum absolute atomic E-state index is 5.67. The van der Waals surface area contributed by atoms with Crippen molar-refractivity contribution in [3.63, 3.8) is 0 Å². The molecule has 102 valence electrons. The number of nitrogens with two attached hydrogens (primary N) is 1. The molecule has 1 aromatic heterocycles. The normalized spacial score (nSPS) is 12.4. The minimum atomic E-state index is 0.0976. The summed E-state index contributed by atoms with van der Waals surface area (Å²) in [5, 5.41) is 4.18. The second-order valence-electron chi connectivity index (χ2n) is 4.93. The van der Waals surface area contributed by atoms with Crippen molar-refractivity contribution < 1.29 is 0 Å². The number of aryl methyl sites for hydroxylation is 1. The fourth-order valence-electron chi connectivity index (χ4n) is 2.09. The molecule has 0 fully saturated rings.